The highest BCUT2D eigenvalue weighted by Gasteiger charge is 2.11. The summed E-state index contributed by atoms with van der Waals surface area (Å²) in [6, 6.07) is 11.7. The monoisotopic (exact) mass is 360 g/mol. The van der Waals surface area contributed by atoms with Crippen LogP contribution in [0, 0.1) is 0 Å². The Labute approximate surface area is 149 Å². The van der Waals surface area contributed by atoms with Crippen LogP contribution < -0.4 is 16.0 Å². The summed E-state index contributed by atoms with van der Waals surface area (Å²) in [5.41, 5.74) is 0.298. The molecule has 0 bridgehead atoms. The first-order valence-electron chi connectivity index (χ1n) is 7.56. The molecule has 1 heterocycles. The second-order valence-corrected chi connectivity index (χ2v) is 5.43. The Balaban J connectivity index is 1.66. The number of hydrogen-bond donors (Lipinski definition) is 3. The number of benzene rings is 1. The van der Waals surface area contributed by atoms with Gasteiger partial charge in [0.05, 0.1) is 17.1 Å². The van der Waals surface area contributed by atoms with Crippen LogP contribution in [0.4, 0.5) is 5.82 Å². The molecule has 2 aromatic rings. The van der Waals surface area contributed by atoms with E-state index in [-0.39, 0.29) is 25.4 Å². The molecule has 0 fully saturated rings. The first kappa shape index (κ1) is 18.4. The molecule has 1 aromatic heterocycles. The predicted molar refractivity (Wildman–Crippen MR) is 94.3 cm³/mol. The third-order valence-electron chi connectivity index (χ3n) is 3.13. The van der Waals surface area contributed by atoms with Gasteiger partial charge < -0.3 is 16.0 Å². The number of carbonyl (C=O) groups is 3. The molecule has 0 saturated carbocycles. The van der Waals surface area contributed by atoms with Crippen LogP contribution in [0.2, 0.25) is 5.02 Å². The van der Waals surface area contributed by atoms with Crippen LogP contribution >= 0.6 is 11.6 Å². The SMILES string of the molecule is O=C(CNC(=O)c1ccccc1Cl)NCCC(=O)Nc1ccccn1. The standard InChI is InChI=1S/C17H17ClN4O3/c18-13-6-2-1-5-12(13)17(25)21-11-16(24)20-10-8-15(23)22-14-7-3-4-9-19-14/h1-7,9H,8,10-11H2,(H,20,24)(H,21,25)(H,19,22,23). The van der Waals surface area contributed by atoms with E-state index >= 15 is 0 Å². The van der Waals surface area contributed by atoms with Crippen molar-refractivity contribution in [3.8, 4) is 0 Å². The number of carbonyl (C=O) groups excluding carboxylic acids is 3. The number of halogens is 1. The van der Waals surface area contributed by atoms with Crippen LogP contribution in [0.1, 0.15) is 16.8 Å². The number of nitrogens with zero attached hydrogens (tertiary/aromatic N) is 1. The van der Waals surface area contributed by atoms with E-state index in [4.69, 9.17) is 11.6 Å². The molecule has 25 heavy (non-hydrogen) atoms. The maximum absolute atomic E-state index is 11.9. The van der Waals surface area contributed by atoms with Gasteiger partial charge >= 0.3 is 0 Å². The quantitative estimate of drug-likeness (QED) is 0.698. The van der Waals surface area contributed by atoms with Crippen LogP contribution in [-0.4, -0.2) is 35.8 Å². The Morgan fingerprint density at radius 2 is 1.72 bits per heavy atom. The van der Waals surface area contributed by atoms with Crippen molar-refractivity contribution in [3.05, 3.63) is 59.2 Å². The largest absolute Gasteiger partial charge is 0.354 e. The zero-order valence-electron chi connectivity index (χ0n) is 13.3. The lowest BCUT2D eigenvalue weighted by atomic mass is 10.2. The highest BCUT2D eigenvalue weighted by atomic mass is 35.5. The summed E-state index contributed by atoms with van der Waals surface area (Å²) < 4.78 is 0. The Morgan fingerprint density at radius 3 is 2.44 bits per heavy atom. The van der Waals surface area contributed by atoms with Crippen molar-refractivity contribution in [3.63, 3.8) is 0 Å². The van der Waals surface area contributed by atoms with Gasteiger partial charge in [-0.3, -0.25) is 14.4 Å². The lowest BCUT2D eigenvalue weighted by molar-refractivity contribution is -0.120. The summed E-state index contributed by atoms with van der Waals surface area (Å²) >= 11 is 5.91. The highest BCUT2D eigenvalue weighted by Crippen LogP contribution is 2.14. The van der Waals surface area contributed by atoms with E-state index in [1.54, 1.807) is 48.7 Å². The number of pyridine rings is 1. The van der Waals surface area contributed by atoms with E-state index in [0.717, 1.165) is 0 Å². The Bertz CT molecular complexity index is 753. The number of nitrogens with one attached hydrogen (secondary N) is 3. The van der Waals surface area contributed by atoms with Crippen molar-refractivity contribution in [1.82, 2.24) is 15.6 Å². The number of rotatable bonds is 7. The van der Waals surface area contributed by atoms with E-state index in [1.165, 1.54) is 0 Å². The normalized spacial score (nSPS) is 9.96. The zero-order chi connectivity index (χ0) is 18.1. The average molecular weight is 361 g/mol. The van der Waals surface area contributed by atoms with Gasteiger partial charge in [-0.25, -0.2) is 4.98 Å². The maximum atomic E-state index is 11.9. The second-order valence-electron chi connectivity index (χ2n) is 5.03. The van der Waals surface area contributed by atoms with Crippen molar-refractivity contribution in [2.24, 2.45) is 0 Å². The topological polar surface area (TPSA) is 100 Å². The fourth-order valence-corrected chi connectivity index (χ4v) is 2.14. The molecular formula is C17H17ClN4O3. The molecule has 3 N–H and O–H groups in total. The van der Waals surface area contributed by atoms with Crippen LogP contribution in [0.3, 0.4) is 0 Å². The summed E-state index contributed by atoms with van der Waals surface area (Å²) in [7, 11) is 0. The van der Waals surface area contributed by atoms with Gasteiger partial charge in [0.25, 0.3) is 5.91 Å². The van der Waals surface area contributed by atoms with Crippen LogP contribution in [-0.2, 0) is 9.59 Å². The molecule has 3 amide bonds. The number of amides is 3. The molecule has 0 atom stereocenters. The molecule has 130 valence electrons. The lowest BCUT2D eigenvalue weighted by Crippen LogP contribution is -2.38. The second kappa shape index (κ2) is 9.39. The van der Waals surface area contributed by atoms with E-state index in [0.29, 0.717) is 16.4 Å². The van der Waals surface area contributed by atoms with Gasteiger partial charge in [0.15, 0.2) is 0 Å². The Hall–Kier alpha value is -2.93. The van der Waals surface area contributed by atoms with Crippen LogP contribution in [0.5, 0.6) is 0 Å². The molecule has 0 aliphatic heterocycles. The van der Waals surface area contributed by atoms with E-state index in [2.05, 4.69) is 20.9 Å². The van der Waals surface area contributed by atoms with Gasteiger partial charge in [0.2, 0.25) is 11.8 Å². The Morgan fingerprint density at radius 1 is 0.960 bits per heavy atom. The fourth-order valence-electron chi connectivity index (χ4n) is 1.92. The number of anilines is 1. The van der Waals surface area contributed by atoms with Crippen molar-refractivity contribution in [2.75, 3.05) is 18.4 Å². The first-order chi connectivity index (χ1) is 12.1. The molecule has 2 rings (SSSR count). The van der Waals surface area contributed by atoms with E-state index < -0.39 is 11.8 Å². The summed E-state index contributed by atoms with van der Waals surface area (Å²) in [5, 5.41) is 7.94. The summed E-state index contributed by atoms with van der Waals surface area (Å²) in [6.45, 7) is -0.0502. The van der Waals surface area contributed by atoms with E-state index in [9.17, 15) is 14.4 Å². The summed E-state index contributed by atoms with van der Waals surface area (Å²) in [6.07, 6.45) is 1.67. The molecule has 0 saturated heterocycles. The zero-order valence-corrected chi connectivity index (χ0v) is 14.0. The van der Waals surface area contributed by atoms with Crippen molar-refractivity contribution < 1.29 is 14.4 Å². The molecule has 1 aromatic carbocycles. The number of aromatic nitrogens is 1. The minimum atomic E-state index is -0.436. The van der Waals surface area contributed by atoms with Crippen molar-refractivity contribution in [2.45, 2.75) is 6.42 Å². The molecule has 0 aliphatic rings. The van der Waals surface area contributed by atoms with Gasteiger partial charge in [-0.2, -0.15) is 0 Å². The first-order valence-corrected chi connectivity index (χ1v) is 7.94. The average Bonchev–Trinajstić information content (AvgIpc) is 2.61. The summed E-state index contributed by atoms with van der Waals surface area (Å²) in [5.74, 6) is -0.649. The maximum Gasteiger partial charge on any atom is 0.253 e. The van der Waals surface area contributed by atoms with E-state index in [1.807, 2.05) is 0 Å². The smallest absolute Gasteiger partial charge is 0.253 e. The third kappa shape index (κ3) is 6.23. The fraction of sp³-hybridized carbons (Fsp3) is 0.176. The molecular weight excluding hydrogens is 344 g/mol. The van der Waals surface area contributed by atoms with Gasteiger partial charge in [-0.15, -0.1) is 0 Å². The van der Waals surface area contributed by atoms with Gasteiger partial charge in [0.1, 0.15) is 5.82 Å². The number of hydrogen-bond acceptors (Lipinski definition) is 4. The van der Waals surface area contributed by atoms with Gasteiger partial charge in [-0.1, -0.05) is 29.8 Å². The van der Waals surface area contributed by atoms with Crippen LogP contribution in [0.25, 0.3) is 0 Å². The minimum absolute atomic E-state index is 0.0980. The molecule has 0 radical (unpaired) electrons. The molecule has 7 nitrogen and oxygen atoms in total. The van der Waals surface area contributed by atoms with Gasteiger partial charge in [0, 0.05) is 19.2 Å². The van der Waals surface area contributed by atoms with Crippen LogP contribution in [0.15, 0.2) is 48.7 Å². The summed E-state index contributed by atoms with van der Waals surface area (Å²) in [4.78, 5) is 39.3. The molecule has 0 aliphatic carbocycles. The van der Waals surface area contributed by atoms with Gasteiger partial charge in [-0.05, 0) is 24.3 Å². The van der Waals surface area contributed by atoms with Crippen molar-refractivity contribution >= 4 is 35.1 Å². The molecule has 0 unspecified atom stereocenters. The highest BCUT2D eigenvalue weighted by molar-refractivity contribution is 6.33. The minimum Gasteiger partial charge on any atom is -0.354 e. The lowest BCUT2D eigenvalue weighted by Gasteiger charge is -2.08. The molecule has 0 spiro atoms. The molecule has 8 heteroatoms. The van der Waals surface area contributed by atoms with Crippen molar-refractivity contribution in [1.29, 1.82) is 0 Å². The predicted octanol–water partition coefficient (Wildman–Crippen LogP) is 1.61. The third-order valence-corrected chi connectivity index (χ3v) is 3.46. The Kier molecular flexibility index (Phi) is 6.91.